The first-order valence-electron chi connectivity index (χ1n) is 6.29. The molecule has 0 aromatic carbocycles. The summed E-state index contributed by atoms with van der Waals surface area (Å²) in [6.45, 7) is 6.77. The van der Waals surface area contributed by atoms with Crippen molar-refractivity contribution < 1.29 is 0 Å². The number of fused-ring (bicyclic) bond motifs is 1. The van der Waals surface area contributed by atoms with Crippen LogP contribution in [-0.4, -0.2) is 4.98 Å². The summed E-state index contributed by atoms with van der Waals surface area (Å²) in [5, 5.41) is 0. The van der Waals surface area contributed by atoms with Crippen LogP contribution in [0.2, 0.25) is 0 Å². The second-order valence-corrected chi connectivity index (χ2v) is 4.80. The normalized spacial score (nSPS) is 15.6. The van der Waals surface area contributed by atoms with Gasteiger partial charge >= 0.3 is 0 Å². The maximum Gasteiger partial charge on any atom is 0.0229 e. The van der Waals surface area contributed by atoms with Crippen molar-refractivity contribution in [1.82, 2.24) is 4.98 Å². The molecule has 1 aliphatic carbocycles. The Balaban J connectivity index is 2.35. The van der Waals surface area contributed by atoms with E-state index >= 15 is 0 Å². The Morgan fingerprint density at radius 1 is 1.50 bits per heavy atom. The van der Waals surface area contributed by atoms with E-state index in [2.05, 4.69) is 50.2 Å². The smallest absolute Gasteiger partial charge is 0.0229 e. The van der Waals surface area contributed by atoms with Gasteiger partial charge in [-0.3, -0.25) is 0 Å². The first kappa shape index (κ1) is 11.3. The molecule has 0 saturated carbocycles. The molecule has 0 fully saturated rings. The third kappa shape index (κ3) is 2.13. The molecule has 1 aromatic rings. The Kier molecular flexibility index (Phi) is 3.33. The number of nitrogens with one attached hydrogen (secondary N) is 1. The lowest BCUT2D eigenvalue weighted by atomic mass is 9.95. The van der Waals surface area contributed by atoms with E-state index in [0.29, 0.717) is 5.92 Å². The Bertz CT molecular complexity index is 419. The van der Waals surface area contributed by atoms with E-state index < -0.39 is 0 Å². The second kappa shape index (κ2) is 4.73. The SMILES string of the molecule is CC/C(=C\c1c[nH]c2c1C=CCC2)C(C)C. The van der Waals surface area contributed by atoms with Gasteiger partial charge in [-0.25, -0.2) is 0 Å². The predicted molar refractivity (Wildman–Crippen MR) is 71.3 cm³/mol. The first-order valence-corrected chi connectivity index (χ1v) is 6.29. The highest BCUT2D eigenvalue weighted by molar-refractivity contribution is 5.69. The van der Waals surface area contributed by atoms with Crippen molar-refractivity contribution in [3.8, 4) is 0 Å². The van der Waals surface area contributed by atoms with Crippen molar-refractivity contribution in [3.05, 3.63) is 34.7 Å². The number of hydrogen-bond acceptors (Lipinski definition) is 0. The standard InChI is InChI=1S/C15H21N/c1-4-12(11(2)3)9-13-10-16-15-8-6-5-7-14(13)15/h5,7,9-11,16H,4,6,8H2,1-3H3/b12-9+. The summed E-state index contributed by atoms with van der Waals surface area (Å²) in [7, 11) is 0. The molecule has 1 heterocycles. The van der Waals surface area contributed by atoms with Crippen LogP contribution in [0.15, 0.2) is 17.8 Å². The summed E-state index contributed by atoms with van der Waals surface area (Å²) in [5.74, 6) is 0.642. The molecule has 1 N–H and O–H groups in total. The lowest BCUT2D eigenvalue weighted by molar-refractivity contribution is 0.739. The van der Waals surface area contributed by atoms with Crippen molar-refractivity contribution in [2.45, 2.75) is 40.0 Å². The number of aromatic amines is 1. The molecule has 0 radical (unpaired) electrons. The van der Waals surface area contributed by atoms with Crippen molar-refractivity contribution in [3.63, 3.8) is 0 Å². The van der Waals surface area contributed by atoms with Crippen LogP contribution in [0.1, 0.15) is 50.4 Å². The number of allylic oxidation sites excluding steroid dienone is 2. The average molecular weight is 215 g/mol. The lowest BCUT2D eigenvalue weighted by Crippen LogP contribution is -1.94. The molecule has 0 amide bonds. The van der Waals surface area contributed by atoms with E-state index in [1.807, 2.05) is 0 Å². The zero-order chi connectivity index (χ0) is 11.5. The summed E-state index contributed by atoms with van der Waals surface area (Å²) in [5.41, 5.74) is 5.68. The molecule has 1 heteroatoms. The number of aromatic nitrogens is 1. The van der Waals surface area contributed by atoms with Gasteiger partial charge in [0.05, 0.1) is 0 Å². The molecule has 16 heavy (non-hydrogen) atoms. The average Bonchev–Trinajstić information content (AvgIpc) is 2.69. The molecular weight excluding hydrogens is 194 g/mol. The molecular formula is C15H21N. The van der Waals surface area contributed by atoms with Crippen LogP contribution in [0.5, 0.6) is 0 Å². The maximum atomic E-state index is 3.40. The van der Waals surface area contributed by atoms with E-state index in [4.69, 9.17) is 0 Å². The van der Waals surface area contributed by atoms with Gasteiger partial charge in [-0.2, -0.15) is 0 Å². The number of aryl methyl sites for hydroxylation is 1. The predicted octanol–water partition coefficient (Wildman–Crippen LogP) is 4.42. The lowest BCUT2D eigenvalue weighted by Gasteiger charge is -2.09. The third-order valence-electron chi connectivity index (χ3n) is 3.37. The topological polar surface area (TPSA) is 15.8 Å². The monoisotopic (exact) mass is 215 g/mol. The van der Waals surface area contributed by atoms with E-state index in [1.54, 1.807) is 0 Å². The maximum absolute atomic E-state index is 3.40. The molecule has 0 spiro atoms. The van der Waals surface area contributed by atoms with Crippen molar-refractivity contribution in [2.24, 2.45) is 5.92 Å². The van der Waals surface area contributed by atoms with Crippen LogP contribution in [0.4, 0.5) is 0 Å². The molecule has 0 unspecified atom stereocenters. The Morgan fingerprint density at radius 3 is 3.00 bits per heavy atom. The van der Waals surface area contributed by atoms with Gasteiger partial charge in [-0.15, -0.1) is 0 Å². The quantitative estimate of drug-likeness (QED) is 0.768. The van der Waals surface area contributed by atoms with Gasteiger partial charge in [-0.1, -0.05) is 44.6 Å². The van der Waals surface area contributed by atoms with Gasteiger partial charge in [0.25, 0.3) is 0 Å². The van der Waals surface area contributed by atoms with Gasteiger partial charge in [0.2, 0.25) is 0 Å². The summed E-state index contributed by atoms with van der Waals surface area (Å²) >= 11 is 0. The van der Waals surface area contributed by atoms with Crippen LogP contribution in [0, 0.1) is 5.92 Å². The molecule has 86 valence electrons. The van der Waals surface area contributed by atoms with Gasteiger partial charge < -0.3 is 4.98 Å². The number of hydrogen-bond donors (Lipinski definition) is 1. The Hall–Kier alpha value is -1.24. The second-order valence-electron chi connectivity index (χ2n) is 4.80. The zero-order valence-corrected chi connectivity index (χ0v) is 10.5. The zero-order valence-electron chi connectivity index (χ0n) is 10.5. The molecule has 0 atom stereocenters. The number of rotatable bonds is 3. The van der Waals surface area contributed by atoms with Crippen molar-refractivity contribution in [1.29, 1.82) is 0 Å². The largest absolute Gasteiger partial charge is 0.364 e. The summed E-state index contributed by atoms with van der Waals surface area (Å²) in [6.07, 6.45) is 12.5. The first-order chi connectivity index (χ1) is 7.72. The minimum Gasteiger partial charge on any atom is -0.364 e. The fraction of sp³-hybridized carbons (Fsp3) is 0.467. The molecule has 0 aliphatic heterocycles. The summed E-state index contributed by atoms with van der Waals surface area (Å²) in [6, 6.07) is 0. The van der Waals surface area contributed by atoms with Gasteiger partial charge in [-0.05, 0) is 30.7 Å². The highest BCUT2D eigenvalue weighted by atomic mass is 14.7. The molecule has 0 saturated heterocycles. The summed E-state index contributed by atoms with van der Waals surface area (Å²) in [4.78, 5) is 3.40. The Morgan fingerprint density at radius 2 is 2.31 bits per heavy atom. The number of H-pyrrole nitrogens is 1. The molecule has 2 rings (SSSR count). The molecule has 1 aliphatic rings. The minimum atomic E-state index is 0.642. The van der Waals surface area contributed by atoms with Gasteiger partial charge in [0.15, 0.2) is 0 Å². The van der Waals surface area contributed by atoms with E-state index in [0.717, 1.165) is 12.8 Å². The third-order valence-corrected chi connectivity index (χ3v) is 3.37. The van der Waals surface area contributed by atoms with E-state index in [9.17, 15) is 0 Å². The highest BCUT2D eigenvalue weighted by Crippen LogP contribution is 2.26. The fourth-order valence-electron chi connectivity index (χ4n) is 2.32. The Labute approximate surface area is 98.3 Å². The van der Waals surface area contributed by atoms with Crippen LogP contribution in [-0.2, 0) is 6.42 Å². The van der Waals surface area contributed by atoms with Crippen LogP contribution >= 0.6 is 0 Å². The van der Waals surface area contributed by atoms with E-state index in [1.165, 1.54) is 28.8 Å². The minimum absolute atomic E-state index is 0.642. The molecule has 0 bridgehead atoms. The van der Waals surface area contributed by atoms with Crippen LogP contribution in [0.3, 0.4) is 0 Å². The summed E-state index contributed by atoms with van der Waals surface area (Å²) < 4.78 is 0. The van der Waals surface area contributed by atoms with Crippen LogP contribution in [0.25, 0.3) is 12.2 Å². The fourth-order valence-corrected chi connectivity index (χ4v) is 2.32. The van der Waals surface area contributed by atoms with Crippen LogP contribution < -0.4 is 0 Å². The molecule has 1 nitrogen and oxygen atoms in total. The van der Waals surface area contributed by atoms with Crippen molar-refractivity contribution >= 4 is 12.2 Å². The van der Waals surface area contributed by atoms with E-state index in [-0.39, 0.29) is 0 Å². The molecule has 1 aromatic heterocycles. The van der Waals surface area contributed by atoms with Gasteiger partial charge in [0, 0.05) is 17.5 Å². The van der Waals surface area contributed by atoms with Gasteiger partial charge in [0.1, 0.15) is 0 Å². The highest BCUT2D eigenvalue weighted by Gasteiger charge is 2.10. The van der Waals surface area contributed by atoms with Crippen molar-refractivity contribution in [2.75, 3.05) is 0 Å².